The molecule has 1 aromatic heterocycles. The van der Waals surface area contributed by atoms with Crippen LogP contribution in [0.2, 0.25) is 0 Å². The number of halogens is 1. The predicted octanol–water partition coefficient (Wildman–Crippen LogP) is 2.82. The van der Waals surface area contributed by atoms with Crippen LogP contribution >= 0.6 is 11.8 Å². The molecule has 1 atom stereocenters. The highest BCUT2D eigenvalue weighted by Crippen LogP contribution is 2.27. The summed E-state index contributed by atoms with van der Waals surface area (Å²) in [6.45, 7) is 4.24. The maximum absolute atomic E-state index is 13.0. The predicted molar refractivity (Wildman–Crippen MR) is 85.5 cm³/mol. The molecule has 2 aromatic rings. The molecular weight excluding hydrogens is 301 g/mol. The van der Waals surface area contributed by atoms with Gasteiger partial charge >= 0.3 is 0 Å². The lowest BCUT2D eigenvalue weighted by molar-refractivity contribution is 0.478. The number of benzene rings is 1. The summed E-state index contributed by atoms with van der Waals surface area (Å²) in [6.07, 6.45) is 0.824. The van der Waals surface area contributed by atoms with Gasteiger partial charge in [0.05, 0.1) is 11.8 Å². The average molecular weight is 319 g/mol. The third-order valence-electron chi connectivity index (χ3n) is 3.43. The van der Waals surface area contributed by atoms with Gasteiger partial charge in [-0.3, -0.25) is 0 Å². The SMILES string of the molecule is CC(C)CC(N)c1nnc2n1N=C(c1ccc(F)cc1)CS2. The van der Waals surface area contributed by atoms with E-state index in [-0.39, 0.29) is 11.9 Å². The summed E-state index contributed by atoms with van der Waals surface area (Å²) in [6, 6.07) is 6.15. The van der Waals surface area contributed by atoms with E-state index in [2.05, 4.69) is 29.1 Å². The quantitative estimate of drug-likeness (QED) is 0.941. The molecule has 22 heavy (non-hydrogen) atoms. The zero-order valence-electron chi connectivity index (χ0n) is 12.5. The molecule has 0 aliphatic carbocycles. The van der Waals surface area contributed by atoms with Crippen LogP contribution in [0.15, 0.2) is 34.5 Å². The molecule has 0 radical (unpaired) electrons. The first-order valence-electron chi connectivity index (χ1n) is 7.22. The van der Waals surface area contributed by atoms with Crippen molar-refractivity contribution in [2.24, 2.45) is 16.8 Å². The lowest BCUT2D eigenvalue weighted by Crippen LogP contribution is -2.20. The summed E-state index contributed by atoms with van der Waals surface area (Å²) >= 11 is 1.56. The zero-order chi connectivity index (χ0) is 15.7. The number of nitrogens with two attached hydrogens (primary N) is 1. The van der Waals surface area contributed by atoms with E-state index in [4.69, 9.17) is 5.73 Å². The lowest BCUT2D eigenvalue weighted by Gasteiger charge is -2.17. The van der Waals surface area contributed by atoms with Crippen LogP contribution in [-0.2, 0) is 0 Å². The van der Waals surface area contributed by atoms with Crippen LogP contribution in [0.25, 0.3) is 0 Å². The molecule has 2 heterocycles. The van der Waals surface area contributed by atoms with E-state index < -0.39 is 0 Å². The first kappa shape index (κ1) is 15.2. The van der Waals surface area contributed by atoms with Crippen LogP contribution in [0.1, 0.15) is 37.7 Å². The molecule has 116 valence electrons. The van der Waals surface area contributed by atoms with Gasteiger partial charge in [0.15, 0.2) is 5.82 Å². The minimum Gasteiger partial charge on any atom is -0.321 e. The van der Waals surface area contributed by atoms with Crippen molar-refractivity contribution in [3.63, 3.8) is 0 Å². The minimum atomic E-state index is -0.252. The maximum atomic E-state index is 13.0. The molecule has 1 aliphatic heterocycles. The molecule has 7 heteroatoms. The molecule has 2 N–H and O–H groups in total. The fourth-order valence-electron chi connectivity index (χ4n) is 2.37. The largest absolute Gasteiger partial charge is 0.321 e. The van der Waals surface area contributed by atoms with E-state index in [0.717, 1.165) is 22.9 Å². The van der Waals surface area contributed by atoms with Gasteiger partial charge in [0, 0.05) is 5.75 Å². The van der Waals surface area contributed by atoms with E-state index in [9.17, 15) is 4.39 Å². The standard InChI is InChI=1S/C15H18FN5S/c1-9(2)7-12(17)14-18-19-15-21(14)20-13(8-22-15)10-3-5-11(16)6-4-10/h3-6,9,12H,7-8,17H2,1-2H3. The van der Waals surface area contributed by atoms with Gasteiger partial charge < -0.3 is 5.73 Å². The summed E-state index contributed by atoms with van der Waals surface area (Å²) in [5.74, 6) is 1.58. The number of hydrogen-bond donors (Lipinski definition) is 1. The molecule has 0 saturated carbocycles. The fraction of sp³-hybridized carbons (Fsp3) is 0.400. The highest BCUT2D eigenvalue weighted by molar-refractivity contribution is 7.99. The van der Waals surface area contributed by atoms with Gasteiger partial charge in [-0.2, -0.15) is 9.78 Å². The first-order chi connectivity index (χ1) is 10.5. The van der Waals surface area contributed by atoms with Crippen molar-refractivity contribution in [1.82, 2.24) is 14.9 Å². The Morgan fingerprint density at radius 1 is 1.27 bits per heavy atom. The molecule has 5 nitrogen and oxygen atoms in total. The van der Waals surface area contributed by atoms with Gasteiger partial charge in [0.2, 0.25) is 5.16 Å². The number of thioether (sulfide) groups is 1. The van der Waals surface area contributed by atoms with Gasteiger partial charge in [-0.05, 0) is 30.0 Å². The molecule has 1 unspecified atom stereocenters. The van der Waals surface area contributed by atoms with Crippen LogP contribution in [0.3, 0.4) is 0 Å². The lowest BCUT2D eigenvalue weighted by atomic mass is 10.0. The molecule has 1 aromatic carbocycles. The summed E-state index contributed by atoms with van der Waals surface area (Å²) in [4.78, 5) is 0. The monoisotopic (exact) mass is 319 g/mol. The van der Waals surface area contributed by atoms with Crippen LogP contribution in [0.4, 0.5) is 4.39 Å². The third-order valence-corrected chi connectivity index (χ3v) is 4.36. The molecule has 0 saturated heterocycles. The Labute approximate surface area is 132 Å². The van der Waals surface area contributed by atoms with Crippen LogP contribution in [-0.4, -0.2) is 26.3 Å². The highest BCUT2D eigenvalue weighted by atomic mass is 32.2. The molecular formula is C15H18FN5S. The van der Waals surface area contributed by atoms with Crippen molar-refractivity contribution >= 4 is 17.5 Å². The number of fused-ring (bicyclic) bond motifs is 1. The Balaban J connectivity index is 1.93. The van der Waals surface area contributed by atoms with Gasteiger partial charge in [-0.15, -0.1) is 10.2 Å². The Morgan fingerprint density at radius 2 is 2.00 bits per heavy atom. The molecule has 0 bridgehead atoms. The van der Waals surface area contributed by atoms with Crippen molar-refractivity contribution in [3.8, 4) is 0 Å². The fourth-order valence-corrected chi connectivity index (χ4v) is 3.22. The van der Waals surface area contributed by atoms with E-state index in [1.165, 1.54) is 12.1 Å². The molecule has 0 spiro atoms. The highest BCUT2D eigenvalue weighted by Gasteiger charge is 2.23. The second kappa shape index (κ2) is 6.18. The molecule has 0 amide bonds. The van der Waals surface area contributed by atoms with E-state index >= 15 is 0 Å². The first-order valence-corrected chi connectivity index (χ1v) is 8.20. The van der Waals surface area contributed by atoms with Gasteiger partial charge in [-0.25, -0.2) is 4.39 Å². The summed E-state index contributed by atoms with van der Waals surface area (Å²) in [7, 11) is 0. The molecule has 3 rings (SSSR count). The second-order valence-corrected chi connectivity index (χ2v) is 6.67. The van der Waals surface area contributed by atoms with E-state index in [1.54, 1.807) is 28.6 Å². The number of aromatic nitrogens is 3. The number of nitrogens with zero attached hydrogens (tertiary/aromatic N) is 4. The van der Waals surface area contributed by atoms with Gasteiger partial charge in [0.25, 0.3) is 0 Å². The average Bonchev–Trinajstić information content (AvgIpc) is 2.90. The van der Waals surface area contributed by atoms with Crippen LogP contribution in [0.5, 0.6) is 0 Å². The third kappa shape index (κ3) is 3.05. The van der Waals surface area contributed by atoms with Crippen molar-refractivity contribution < 1.29 is 4.39 Å². The van der Waals surface area contributed by atoms with Gasteiger partial charge in [0.1, 0.15) is 5.82 Å². The normalized spacial score (nSPS) is 15.6. The molecule has 0 fully saturated rings. The van der Waals surface area contributed by atoms with Gasteiger partial charge in [-0.1, -0.05) is 37.7 Å². The van der Waals surface area contributed by atoms with Crippen LogP contribution < -0.4 is 5.73 Å². The van der Waals surface area contributed by atoms with Crippen molar-refractivity contribution in [2.45, 2.75) is 31.5 Å². The second-order valence-electron chi connectivity index (χ2n) is 5.73. The molecule has 1 aliphatic rings. The number of hydrogen-bond acceptors (Lipinski definition) is 5. The smallest absolute Gasteiger partial charge is 0.212 e. The minimum absolute atomic E-state index is 0.196. The Morgan fingerprint density at radius 3 is 2.68 bits per heavy atom. The summed E-state index contributed by atoms with van der Waals surface area (Å²) in [5.41, 5.74) is 7.99. The van der Waals surface area contributed by atoms with E-state index in [1.807, 2.05) is 0 Å². The zero-order valence-corrected chi connectivity index (χ0v) is 13.3. The van der Waals surface area contributed by atoms with E-state index in [0.29, 0.717) is 17.5 Å². The Bertz CT molecular complexity index is 692. The Kier molecular flexibility index (Phi) is 4.26. The van der Waals surface area contributed by atoms with Crippen molar-refractivity contribution in [2.75, 3.05) is 5.75 Å². The Hall–Kier alpha value is -1.73. The maximum Gasteiger partial charge on any atom is 0.212 e. The topological polar surface area (TPSA) is 69.1 Å². The number of rotatable bonds is 4. The summed E-state index contributed by atoms with van der Waals surface area (Å²) < 4.78 is 14.8. The van der Waals surface area contributed by atoms with Crippen molar-refractivity contribution in [1.29, 1.82) is 0 Å². The summed E-state index contributed by atoms with van der Waals surface area (Å²) in [5, 5.41) is 13.7. The van der Waals surface area contributed by atoms with Crippen molar-refractivity contribution in [3.05, 3.63) is 41.5 Å². The van der Waals surface area contributed by atoms with Crippen LogP contribution in [0, 0.1) is 11.7 Å².